The van der Waals surface area contributed by atoms with Gasteiger partial charge in [-0.1, -0.05) is 19.9 Å². The highest BCUT2D eigenvalue weighted by Crippen LogP contribution is 2.29. The van der Waals surface area contributed by atoms with Gasteiger partial charge in [0.2, 0.25) is 0 Å². The maximum absolute atomic E-state index is 5.81. The Morgan fingerprint density at radius 1 is 1.35 bits per heavy atom. The van der Waals surface area contributed by atoms with E-state index in [4.69, 9.17) is 10.7 Å². The zero-order valence-corrected chi connectivity index (χ0v) is 13.2. The van der Waals surface area contributed by atoms with E-state index in [9.17, 15) is 0 Å². The number of hydrogen-bond donors (Lipinski definition) is 1. The molecule has 0 aliphatic heterocycles. The number of hydrogen-bond acceptors (Lipinski definition) is 5. The molecule has 4 nitrogen and oxygen atoms in total. The Morgan fingerprint density at radius 2 is 2.15 bits per heavy atom. The fourth-order valence-corrected chi connectivity index (χ4v) is 3.12. The predicted molar refractivity (Wildman–Crippen MR) is 85.3 cm³/mol. The van der Waals surface area contributed by atoms with Gasteiger partial charge in [0, 0.05) is 43.3 Å². The molecule has 0 aliphatic rings. The van der Waals surface area contributed by atoms with Crippen LogP contribution < -0.4 is 10.6 Å². The number of rotatable bonds is 6. The van der Waals surface area contributed by atoms with Gasteiger partial charge < -0.3 is 10.6 Å². The van der Waals surface area contributed by atoms with Crippen LogP contribution in [0, 0.1) is 0 Å². The van der Waals surface area contributed by atoms with Crippen LogP contribution in [-0.2, 0) is 13.0 Å². The topological polar surface area (TPSA) is 55.0 Å². The lowest BCUT2D eigenvalue weighted by Gasteiger charge is -2.15. The van der Waals surface area contributed by atoms with Crippen LogP contribution in [0.15, 0.2) is 24.4 Å². The van der Waals surface area contributed by atoms with Crippen molar-refractivity contribution in [3.63, 3.8) is 0 Å². The molecule has 2 rings (SSSR count). The number of thiazole rings is 1. The maximum atomic E-state index is 5.81. The fraction of sp³-hybridized carbons (Fsp3) is 0.467. The van der Waals surface area contributed by atoms with Gasteiger partial charge in [0.25, 0.3) is 0 Å². The summed E-state index contributed by atoms with van der Waals surface area (Å²) in [4.78, 5) is 12.5. The maximum Gasteiger partial charge on any atom is 0.185 e. The normalized spacial score (nSPS) is 11.1. The third-order valence-electron chi connectivity index (χ3n) is 3.20. The number of likely N-dealkylation sites (N-methyl/N-ethyl adjacent to an activating group) is 1. The van der Waals surface area contributed by atoms with Crippen molar-refractivity contribution < 1.29 is 0 Å². The van der Waals surface area contributed by atoms with Gasteiger partial charge in [-0.05, 0) is 18.1 Å². The van der Waals surface area contributed by atoms with Gasteiger partial charge in [0.1, 0.15) is 0 Å². The summed E-state index contributed by atoms with van der Waals surface area (Å²) in [6, 6.07) is 6.02. The average molecular weight is 290 g/mol. The lowest BCUT2D eigenvalue weighted by molar-refractivity contribution is 0.799. The molecule has 2 aromatic heterocycles. The molecule has 0 atom stereocenters. The van der Waals surface area contributed by atoms with E-state index < -0.39 is 0 Å². The number of nitrogens with two attached hydrogens (primary N) is 1. The molecule has 0 saturated heterocycles. The second kappa shape index (κ2) is 6.81. The van der Waals surface area contributed by atoms with Crippen molar-refractivity contribution in [2.45, 2.75) is 32.7 Å². The molecule has 0 bridgehead atoms. The third kappa shape index (κ3) is 3.55. The van der Waals surface area contributed by atoms with Gasteiger partial charge in [-0.3, -0.25) is 4.98 Å². The average Bonchev–Trinajstić information content (AvgIpc) is 2.90. The van der Waals surface area contributed by atoms with E-state index in [1.807, 2.05) is 18.3 Å². The molecule has 0 fully saturated rings. The van der Waals surface area contributed by atoms with Gasteiger partial charge in [-0.15, -0.1) is 11.3 Å². The number of anilines is 1. The quantitative estimate of drug-likeness (QED) is 0.889. The Morgan fingerprint density at radius 3 is 2.70 bits per heavy atom. The smallest absolute Gasteiger partial charge is 0.185 e. The lowest BCUT2D eigenvalue weighted by Crippen LogP contribution is -2.20. The summed E-state index contributed by atoms with van der Waals surface area (Å²) in [6.45, 7) is 5.79. The molecule has 20 heavy (non-hydrogen) atoms. The predicted octanol–water partition coefficient (Wildman–Crippen LogP) is 2.80. The van der Waals surface area contributed by atoms with E-state index in [0.29, 0.717) is 12.5 Å². The van der Waals surface area contributed by atoms with Crippen LogP contribution in [0.4, 0.5) is 5.13 Å². The molecule has 108 valence electrons. The van der Waals surface area contributed by atoms with Gasteiger partial charge in [-0.2, -0.15) is 0 Å². The highest BCUT2D eigenvalue weighted by atomic mass is 32.1. The minimum atomic E-state index is 0.419. The van der Waals surface area contributed by atoms with Crippen molar-refractivity contribution in [1.29, 1.82) is 0 Å². The van der Waals surface area contributed by atoms with Crippen molar-refractivity contribution >= 4 is 16.5 Å². The molecule has 0 aliphatic carbocycles. The molecular formula is C15H22N4S. The summed E-state index contributed by atoms with van der Waals surface area (Å²) >= 11 is 1.70. The van der Waals surface area contributed by atoms with E-state index >= 15 is 0 Å². The van der Waals surface area contributed by atoms with Crippen molar-refractivity contribution in [3.8, 4) is 0 Å². The Hall–Kier alpha value is -1.46. The van der Waals surface area contributed by atoms with Crippen LogP contribution in [0.3, 0.4) is 0 Å². The number of pyridine rings is 1. The molecule has 5 heteroatoms. The zero-order chi connectivity index (χ0) is 14.5. The standard InChI is InChI=1S/C15H22N4S/c1-11(2)14-13(10-16)20-15(18-14)19(3)9-7-12-6-4-5-8-17-12/h4-6,8,11H,7,9-10,16H2,1-3H3. The molecule has 0 radical (unpaired) electrons. The fourth-order valence-electron chi connectivity index (χ4n) is 2.04. The molecule has 2 N–H and O–H groups in total. The van der Waals surface area contributed by atoms with Crippen molar-refractivity contribution in [2.24, 2.45) is 5.73 Å². The van der Waals surface area contributed by atoms with Gasteiger partial charge in [0.15, 0.2) is 5.13 Å². The van der Waals surface area contributed by atoms with Crippen LogP contribution in [0.5, 0.6) is 0 Å². The highest BCUT2D eigenvalue weighted by molar-refractivity contribution is 7.15. The number of aromatic nitrogens is 2. The molecule has 2 heterocycles. The third-order valence-corrected chi connectivity index (χ3v) is 4.41. The first-order valence-corrected chi connectivity index (χ1v) is 7.74. The zero-order valence-electron chi connectivity index (χ0n) is 12.3. The lowest BCUT2D eigenvalue weighted by atomic mass is 10.1. The monoisotopic (exact) mass is 290 g/mol. The van der Waals surface area contributed by atoms with Crippen LogP contribution in [0.25, 0.3) is 0 Å². The summed E-state index contributed by atoms with van der Waals surface area (Å²) in [5.74, 6) is 0.419. The minimum absolute atomic E-state index is 0.419. The van der Waals surface area contributed by atoms with E-state index in [2.05, 4.69) is 36.8 Å². The second-order valence-corrected chi connectivity index (χ2v) is 6.22. The van der Waals surface area contributed by atoms with Crippen LogP contribution in [-0.4, -0.2) is 23.6 Å². The van der Waals surface area contributed by atoms with Gasteiger partial charge in [0.05, 0.1) is 5.69 Å². The SMILES string of the molecule is CC(C)c1nc(N(C)CCc2ccccn2)sc1CN. The van der Waals surface area contributed by atoms with Crippen molar-refractivity contribution in [3.05, 3.63) is 40.7 Å². The van der Waals surface area contributed by atoms with Crippen molar-refractivity contribution in [1.82, 2.24) is 9.97 Å². The second-order valence-electron chi connectivity index (χ2n) is 5.16. The minimum Gasteiger partial charge on any atom is -0.351 e. The van der Waals surface area contributed by atoms with Crippen molar-refractivity contribution in [2.75, 3.05) is 18.5 Å². The Kier molecular flexibility index (Phi) is 5.09. The molecule has 0 aromatic carbocycles. The molecule has 0 unspecified atom stereocenters. The molecule has 0 amide bonds. The Labute approximate surface area is 124 Å². The van der Waals surface area contributed by atoms with E-state index in [0.717, 1.165) is 29.5 Å². The Bertz CT molecular complexity index is 536. The van der Waals surface area contributed by atoms with Crippen LogP contribution in [0.1, 0.15) is 36.0 Å². The van der Waals surface area contributed by atoms with E-state index in [1.54, 1.807) is 11.3 Å². The first kappa shape index (κ1) is 14.9. The summed E-state index contributed by atoms with van der Waals surface area (Å²) < 4.78 is 0. The number of nitrogens with zero attached hydrogens (tertiary/aromatic N) is 3. The summed E-state index contributed by atoms with van der Waals surface area (Å²) in [5, 5.41) is 1.05. The first-order valence-electron chi connectivity index (χ1n) is 6.92. The summed E-state index contributed by atoms with van der Waals surface area (Å²) in [7, 11) is 2.08. The summed E-state index contributed by atoms with van der Waals surface area (Å²) in [5.41, 5.74) is 8.06. The largest absolute Gasteiger partial charge is 0.351 e. The Balaban J connectivity index is 2.04. The molecular weight excluding hydrogens is 268 g/mol. The highest BCUT2D eigenvalue weighted by Gasteiger charge is 2.15. The molecule has 0 saturated carbocycles. The van der Waals surface area contributed by atoms with Gasteiger partial charge >= 0.3 is 0 Å². The van der Waals surface area contributed by atoms with Crippen LogP contribution in [0.2, 0.25) is 0 Å². The van der Waals surface area contributed by atoms with Crippen LogP contribution >= 0.6 is 11.3 Å². The summed E-state index contributed by atoms with van der Waals surface area (Å²) in [6.07, 6.45) is 2.76. The van der Waals surface area contributed by atoms with Gasteiger partial charge in [-0.25, -0.2) is 4.98 Å². The first-order chi connectivity index (χ1) is 9.61. The van der Waals surface area contributed by atoms with E-state index in [1.165, 1.54) is 4.88 Å². The molecule has 2 aromatic rings. The van der Waals surface area contributed by atoms with E-state index in [-0.39, 0.29) is 0 Å². The molecule has 0 spiro atoms.